The first-order valence-electron chi connectivity index (χ1n) is 7.30. The largest absolute Gasteiger partial charge is 0.323 e. The second kappa shape index (κ2) is 6.34. The summed E-state index contributed by atoms with van der Waals surface area (Å²) in [5, 5.41) is 3.31. The number of fused-ring (bicyclic) bond motifs is 1. The van der Waals surface area contributed by atoms with Gasteiger partial charge < -0.3 is 5.32 Å². The fourth-order valence-electron chi connectivity index (χ4n) is 2.77. The van der Waals surface area contributed by atoms with Crippen molar-refractivity contribution in [2.24, 2.45) is 0 Å². The smallest absolute Gasteiger partial charge is 0.257 e. The standard InChI is InChI=1S/C16H15Cl2N3O2/c1-9-19-12-6-2-4-10(12)16(23)21(9)8-14(22)20-13-7-3-5-11(17)15(13)18/h3,5,7H,2,4,6,8H2,1H3,(H,20,22). The van der Waals surface area contributed by atoms with Crippen molar-refractivity contribution in [2.45, 2.75) is 32.7 Å². The second-order valence-electron chi connectivity index (χ2n) is 5.48. The number of benzene rings is 1. The quantitative estimate of drug-likeness (QED) is 0.924. The highest BCUT2D eigenvalue weighted by Gasteiger charge is 2.20. The van der Waals surface area contributed by atoms with E-state index in [2.05, 4.69) is 10.3 Å². The van der Waals surface area contributed by atoms with Gasteiger partial charge in [-0.3, -0.25) is 14.2 Å². The summed E-state index contributed by atoms with van der Waals surface area (Å²) in [5.74, 6) is 0.196. The number of nitrogens with one attached hydrogen (secondary N) is 1. The summed E-state index contributed by atoms with van der Waals surface area (Å²) >= 11 is 12.0. The molecule has 0 atom stereocenters. The number of anilines is 1. The van der Waals surface area contributed by atoms with E-state index in [4.69, 9.17) is 23.2 Å². The van der Waals surface area contributed by atoms with Crippen LogP contribution < -0.4 is 10.9 Å². The van der Waals surface area contributed by atoms with Gasteiger partial charge in [-0.15, -0.1) is 0 Å². The molecule has 1 aliphatic carbocycles. The van der Waals surface area contributed by atoms with Gasteiger partial charge in [-0.05, 0) is 38.3 Å². The molecule has 1 amide bonds. The average Bonchev–Trinajstić information content (AvgIpc) is 2.96. The van der Waals surface area contributed by atoms with Gasteiger partial charge in [-0.2, -0.15) is 0 Å². The van der Waals surface area contributed by atoms with Gasteiger partial charge in [-0.1, -0.05) is 29.3 Å². The van der Waals surface area contributed by atoms with E-state index in [0.717, 1.165) is 30.5 Å². The van der Waals surface area contributed by atoms with Crippen molar-refractivity contribution in [2.75, 3.05) is 5.32 Å². The van der Waals surface area contributed by atoms with Gasteiger partial charge in [0.05, 0.1) is 21.4 Å². The number of aromatic nitrogens is 2. The molecule has 0 saturated heterocycles. The lowest BCUT2D eigenvalue weighted by Crippen LogP contribution is -2.32. The Morgan fingerprint density at radius 1 is 1.35 bits per heavy atom. The molecule has 0 saturated carbocycles. The van der Waals surface area contributed by atoms with Crippen LogP contribution in [0.1, 0.15) is 23.5 Å². The van der Waals surface area contributed by atoms with E-state index < -0.39 is 0 Å². The number of nitrogens with zero attached hydrogens (tertiary/aromatic N) is 2. The SMILES string of the molecule is Cc1nc2c(c(=O)n1CC(=O)Nc1cccc(Cl)c1Cl)CCC2. The molecule has 0 aliphatic heterocycles. The number of hydrogen-bond donors (Lipinski definition) is 1. The molecule has 0 fully saturated rings. The molecule has 7 heteroatoms. The van der Waals surface area contributed by atoms with E-state index in [0.29, 0.717) is 16.5 Å². The van der Waals surface area contributed by atoms with Gasteiger partial charge in [0.25, 0.3) is 5.56 Å². The molecule has 1 heterocycles. The maximum atomic E-state index is 12.5. The summed E-state index contributed by atoms with van der Waals surface area (Å²) in [5.41, 5.74) is 1.88. The summed E-state index contributed by atoms with van der Waals surface area (Å²) in [6.07, 6.45) is 2.49. The molecule has 120 valence electrons. The molecule has 1 aromatic carbocycles. The molecule has 23 heavy (non-hydrogen) atoms. The molecule has 5 nitrogen and oxygen atoms in total. The van der Waals surface area contributed by atoms with Gasteiger partial charge in [0.15, 0.2) is 0 Å². The van der Waals surface area contributed by atoms with Gasteiger partial charge in [0, 0.05) is 5.56 Å². The first kappa shape index (κ1) is 16.0. The molecule has 0 bridgehead atoms. The third-order valence-electron chi connectivity index (χ3n) is 3.91. The Morgan fingerprint density at radius 2 is 2.13 bits per heavy atom. The normalized spacial score (nSPS) is 13.0. The van der Waals surface area contributed by atoms with Crippen LogP contribution in [0.2, 0.25) is 10.0 Å². The molecule has 0 radical (unpaired) electrons. The van der Waals surface area contributed by atoms with Crippen LogP contribution in [0.4, 0.5) is 5.69 Å². The monoisotopic (exact) mass is 351 g/mol. The number of carbonyl (C=O) groups excluding carboxylic acids is 1. The third kappa shape index (κ3) is 3.12. The third-order valence-corrected chi connectivity index (χ3v) is 4.73. The average molecular weight is 352 g/mol. The van der Waals surface area contributed by atoms with Crippen molar-refractivity contribution in [1.82, 2.24) is 9.55 Å². The van der Waals surface area contributed by atoms with Crippen molar-refractivity contribution in [3.63, 3.8) is 0 Å². The van der Waals surface area contributed by atoms with Crippen LogP contribution >= 0.6 is 23.2 Å². The highest BCUT2D eigenvalue weighted by Crippen LogP contribution is 2.29. The first-order valence-corrected chi connectivity index (χ1v) is 8.06. The lowest BCUT2D eigenvalue weighted by Gasteiger charge is -2.12. The predicted octanol–water partition coefficient (Wildman–Crippen LogP) is 2.99. The Bertz CT molecular complexity index is 846. The summed E-state index contributed by atoms with van der Waals surface area (Å²) < 4.78 is 1.40. The van der Waals surface area contributed by atoms with Gasteiger partial charge in [0.2, 0.25) is 5.91 Å². The predicted molar refractivity (Wildman–Crippen MR) is 90.4 cm³/mol. The first-order chi connectivity index (χ1) is 11.0. The Labute approximate surface area is 143 Å². The lowest BCUT2D eigenvalue weighted by atomic mass is 10.2. The van der Waals surface area contributed by atoms with Crippen molar-refractivity contribution in [3.05, 3.63) is 55.7 Å². The molecule has 3 rings (SSSR count). The van der Waals surface area contributed by atoms with Gasteiger partial charge in [0.1, 0.15) is 12.4 Å². The van der Waals surface area contributed by atoms with Crippen LogP contribution in [0.5, 0.6) is 0 Å². The molecular formula is C16H15Cl2N3O2. The maximum absolute atomic E-state index is 12.5. The molecule has 1 aliphatic rings. The summed E-state index contributed by atoms with van der Waals surface area (Å²) in [6, 6.07) is 4.99. The zero-order valence-corrected chi connectivity index (χ0v) is 14.0. The van der Waals surface area contributed by atoms with E-state index in [-0.39, 0.29) is 23.0 Å². The fourth-order valence-corrected chi connectivity index (χ4v) is 3.11. The van der Waals surface area contributed by atoms with Crippen LogP contribution in [0, 0.1) is 6.92 Å². The molecule has 2 aromatic rings. The number of aryl methyl sites for hydroxylation is 2. The number of halogens is 2. The van der Waals surface area contributed by atoms with E-state index in [1.165, 1.54) is 4.57 Å². The second-order valence-corrected chi connectivity index (χ2v) is 6.26. The zero-order valence-electron chi connectivity index (χ0n) is 12.5. The molecule has 0 unspecified atom stereocenters. The Hall–Kier alpha value is -1.85. The number of carbonyl (C=O) groups is 1. The maximum Gasteiger partial charge on any atom is 0.257 e. The number of rotatable bonds is 3. The van der Waals surface area contributed by atoms with Crippen LogP contribution in [-0.4, -0.2) is 15.5 Å². The van der Waals surface area contributed by atoms with E-state index in [9.17, 15) is 9.59 Å². The van der Waals surface area contributed by atoms with E-state index in [1.54, 1.807) is 25.1 Å². The molecule has 0 spiro atoms. The molecule has 1 aromatic heterocycles. The lowest BCUT2D eigenvalue weighted by molar-refractivity contribution is -0.116. The minimum atomic E-state index is -0.348. The number of hydrogen-bond acceptors (Lipinski definition) is 3. The van der Waals surface area contributed by atoms with Gasteiger partial charge >= 0.3 is 0 Å². The van der Waals surface area contributed by atoms with Crippen LogP contribution in [0.25, 0.3) is 0 Å². The summed E-state index contributed by atoms with van der Waals surface area (Å²) in [7, 11) is 0. The van der Waals surface area contributed by atoms with Gasteiger partial charge in [-0.25, -0.2) is 4.98 Å². The summed E-state index contributed by atoms with van der Waals surface area (Å²) in [6.45, 7) is 1.63. The Balaban J connectivity index is 1.84. The molecular weight excluding hydrogens is 337 g/mol. The number of amides is 1. The zero-order chi connectivity index (χ0) is 16.6. The molecule has 1 N–H and O–H groups in total. The highest BCUT2D eigenvalue weighted by atomic mass is 35.5. The highest BCUT2D eigenvalue weighted by molar-refractivity contribution is 6.43. The minimum absolute atomic E-state index is 0.103. The fraction of sp³-hybridized carbons (Fsp3) is 0.312. The van der Waals surface area contributed by atoms with Crippen LogP contribution in [0.3, 0.4) is 0 Å². The van der Waals surface area contributed by atoms with E-state index in [1.807, 2.05) is 0 Å². The Morgan fingerprint density at radius 3 is 2.91 bits per heavy atom. The summed E-state index contributed by atoms with van der Waals surface area (Å²) in [4.78, 5) is 29.2. The van der Waals surface area contributed by atoms with E-state index >= 15 is 0 Å². The van der Waals surface area contributed by atoms with Crippen LogP contribution in [0.15, 0.2) is 23.0 Å². The van der Waals surface area contributed by atoms with Crippen LogP contribution in [-0.2, 0) is 24.2 Å². The van der Waals surface area contributed by atoms with Crippen molar-refractivity contribution < 1.29 is 4.79 Å². The van der Waals surface area contributed by atoms with Crippen molar-refractivity contribution in [1.29, 1.82) is 0 Å². The Kier molecular flexibility index (Phi) is 4.41. The van der Waals surface area contributed by atoms with Crippen molar-refractivity contribution >= 4 is 34.8 Å². The minimum Gasteiger partial charge on any atom is -0.323 e. The van der Waals surface area contributed by atoms with Crippen molar-refractivity contribution in [3.8, 4) is 0 Å². The topological polar surface area (TPSA) is 64.0 Å².